The number of carbonyl (C=O) groups is 1. The van der Waals surface area contributed by atoms with Crippen molar-refractivity contribution < 1.29 is 14.3 Å². The van der Waals surface area contributed by atoms with Gasteiger partial charge in [0, 0.05) is 12.6 Å². The first-order valence-electron chi connectivity index (χ1n) is 9.37. The zero-order valence-electron chi connectivity index (χ0n) is 16.2. The molecule has 1 aromatic carbocycles. The maximum absolute atomic E-state index is 12.6. The number of aromatic nitrogens is 3. The van der Waals surface area contributed by atoms with Crippen LogP contribution in [0.2, 0.25) is 0 Å². The van der Waals surface area contributed by atoms with Gasteiger partial charge in [0.15, 0.2) is 17.2 Å². The Morgan fingerprint density at radius 3 is 2.71 bits per heavy atom. The molecular weight excluding hydrogens is 382 g/mol. The second-order valence-electron chi connectivity index (χ2n) is 7.51. The van der Waals surface area contributed by atoms with Gasteiger partial charge < -0.3 is 20.1 Å². The zero-order valence-corrected chi connectivity index (χ0v) is 17.0. The molecule has 2 N–H and O–H groups in total. The molecule has 1 amide bonds. The van der Waals surface area contributed by atoms with Gasteiger partial charge in [-0.1, -0.05) is 12.1 Å². The largest absolute Gasteiger partial charge is 0.486 e. The average molecular weight is 408 g/mol. The highest BCUT2D eigenvalue weighted by molar-refractivity contribution is 5.93. The number of carbonyl (C=O) groups excluding carboxylic acids is 1. The number of hydrogen-bond acceptors (Lipinski definition) is 6. The number of amides is 1. The first-order chi connectivity index (χ1) is 13.1. The van der Waals surface area contributed by atoms with Crippen LogP contribution in [0.3, 0.4) is 0 Å². The van der Waals surface area contributed by atoms with E-state index in [1.165, 1.54) is 0 Å². The Hall–Kier alpha value is -2.32. The van der Waals surface area contributed by atoms with Crippen molar-refractivity contribution >= 4 is 18.3 Å². The predicted octanol–water partition coefficient (Wildman–Crippen LogP) is 1.89. The predicted molar refractivity (Wildman–Crippen MR) is 107 cm³/mol. The third-order valence-corrected chi connectivity index (χ3v) is 5.37. The molecular formula is C19H26ClN5O3. The van der Waals surface area contributed by atoms with Crippen molar-refractivity contribution in [3.8, 4) is 17.2 Å². The number of nitrogens with one attached hydrogen (secondary N) is 2. The molecule has 0 aliphatic carbocycles. The van der Waals surface area contributed by atoms with Crippen LogP contribution in [-0.4, -0.2) is 53.7 Å². The zero-order chi connectivity index (χ0) is 18.9. The molecule has 1 saturated heterocycles. The van der Waals surface area contributed by atoms with E-state index >= 15 is 0 Å². The van der Waals surface area contributed by atoms with Gasteiger partial charge >= 0.3 is 0 Å². The summed E-state index contributed by atoms with van der Waals surface area (Å²) in [6.07, 6.45) is 2.10. The van der Waals surface area contributed by atoms with Crippen molar-refractivity contribution in [1.29, 1.82) is 0 Å². The van der Waals surface area contributed by atoms with Gasteiger partial charge in [-0.15, -0.1) is 17.5 Å². The lowest BCUT2D eigenvalue weighted by Gasteiger charge is -2.34. The Morgan fingerprint density at radius 1 is 1.25 bits per heavy atom. The number of benzene rings is 1. The number of nitrogens with zero attached hydrogens (tertiary/aromatic N) is 3. The third kappa shape index (κ3) is 4.07. The Morgan fingerprint density at radius 2 is 1.96 bits per heavy atom. The van der Waals surface area contributed by atoms with Crippen LogP contribution in [0, 0.1) is 12.3 Å². The monoisotopic (exact) mass is 407 g/mol. The summed E-state index contributed by atoms with van der Waals surface area (Å²) in [5.41, 5.74) is 1.95. The van der Waals surface area contributed by atoms with Crippen LogP contribution in [-0.2, 0) is 0 Å². The van der Waals surface area contributed by atoms with Crippen molar-refractivity contribution in [1.82, 2.24) is 25.6 Å². The topological polar surface area (TPSA) is 90.3 Å². The summed E-state index contributed by atoms with van der Waals surface area (Å²) in [4.78, 5) is 12.6. The lowest BCUT2D eigenvalue weighted by molar-refractivity contribution is 0.0916. The lowest BCUT2D eigenvalue weighted by Crippen LogP contribution is -2.43. The van der Waals surface area contributed by atoms with Crippen LogP contribution in [0.25, 0.3) is 5.69 Å². The molecule has 0 bridgehead atoms. The molecule has 9 heteroatoms. The molecule has 2 aromatic rings. The molecule has 0 saturated carbocycles. The third-order valence-electron chi connectivity index (χ3n) is 5.37. The SMILES string of the molecule is Cc1c(C(=O)NCC2(C)CCNCC2)nnn1-c1ccc2c(c1)OCCO2.Cl. The van der Waals surface area contributed by atoms with Crippen molar-refractivity contribution in [3.63, 3.8) is 0 Å². The Labute approximate surface area is 170 Å². The highest BCUT2D eigenvalue weighted by Crippen LogP contribution is 2.32. The molecule has 28 heavy (non-hydrogen) atoms. The van der Waals surface area contributed by atoms with Crippen LogP contribution < -0.4 is 20.1 Å². The molecule has 8 nitrogen and oxygen atoms in total. The van der Waals surface area contributed by atoms with Crippen molar-refractivity contribution in [2.24, 2.45) is 5.41 Å². The Kier molecular flexibility index (Phi) is 6.10. The van der Waals surface area contributed by atoms with E-state index in [1.54, 1.807) is 4.68 Å². The van der Waals surface area contributed by atoms with Gasteiger partial charge in [-0.05, 0) is 50.4 Å². The van der Waals surface area contributed by atoms with Gasteiger partial charge in [0.2, 0.25) is 0 Å². The van der Waals surface area contributed by atoms with Crippen LogP contribution in [0.5, 0.6) is 11.5 Å². The van der Waals surface area contributed by atoms with E-state index in [0.717, 1.165) is 37.4 Å². The number of hydrogen-bond donors (Lipinski definition) is 2. The molecule has 3 heterocycles. The van der Waals surface area contributed by atoms with E-state index in [1.807, 2.05) is 25.1 Å². The highest BCUT2D eigenvalue weighted by atomic mass is 35.5. The number of piperidine rings is 1. The molecule has 0 spiro atoms. The van der Waals surface area contributed by atoms with E-state index in [-0.39, 0.29) is 23.7 Å². The Bertz CT molecular complexity index is 848. The summed E-state index contributed by atoms with van der Waals surface area (Å²) >= 11 is 0. The summed E-state index contributed by atoms with van der Waals surface area (Å²) in [6, 6.07) is 5.59. The van der Waals surface area contributed by atoms with Crippen LogP contribution in [0.4, 0.5) is 0 Å². The van der Waals surface area contributed by atoms with E-state index < -0.39 is 0 Å². The van der Waals surface area contributed by atoms with Gasteiger partial charge in [0.05, 0.1) is 11.4 Å². The summed E-state index contributed by atoms with van der Waals surface area (Å²) in [6.45, 7) is 7.76. The minimum Gasteiger partial charge on any atom is -0.486 e. The van der Waals surface area contributed by atoms with Gasteiger partial charge in [-0.2, -0.15) is 0 Å². The summed E-state index contributed by atoms with van der Waals surface area (Å²) < 4.78 is 12.8. The lowest BCUT2D eigenvalue weighted by atomic mass is 9.81. The second-order valence-corrected chi connectivity index (χ2v) is 7.51. The van der Waals surface area contributed by atoms with E-state index in [0.29, 0.717) is 36.9 Å². The fourth-order valence-electron chi connectivity index (χ4n) is 3.53. The fraction of sp³-hybridized carbons (Fsp3) is 0.526. The smallest absolute Gasteiger partial charge is 0.273 e. The summed E-state index contributed by atoms with van der Waals surface area (Å²) in [7, 11) is 0. The molecule has 152 valence electrons. The first-order valence-corrected chi connectivity index (χ1v) is 9.37. The number of fused-ring (bicyclic) bond motifs is 1. The molecule has 0 radical (unpaired) electrons. The minimum absolute atomic E-state index is 0. The highest BCUT2D eigenvalue weighted by Gasteiger charge is 2.28. The first kappa shape index (κ1) is 20.4. The quantitative estimate of drug-likeness (QED) is 0.804. The maximum atomic E-state index is 12.6. The van der Waals surface area contributed by atoms with Crippen molar-refractivity contribution in [2.75, 3.05) is 32.8 Å². The molecule has 2 aliphatic rings. The maximum Gasteiger partial charge on any atom is 0.273 e. The summed E-state index contributed by atoms with van der Waals surface area (Å²) in [5, 5.41) is 14.7. The van der Waals surface area contributed by atoms with Gasteiger partial charge in [-0.3, -0.25) is 4.79 Å². The van der Waals surface area contributed by atoms with Gasteiger partial charge in [0.25, 0.3) is 5.91 Å². The number of ether oxygens (including phenoxy) is 2. The molecule has 0 atom stereocenters. The van der Waals surface area contributed by atoms with E-state index in [2.05, 4.69) is 27.9 Å². The molecule has 4 rings (SSSR count). The second kappa shape index (κ2) is 8.36. The van der Waals surface area contributed by atoms with Gasteiger partial charge in [-0.25, -0.2) is 4.68 Å². The van der Waals surface area contributed by atoms with Crippen LogP contribution >= 0.6 is 12.4 Å². The number of halogens is 1. The molecule has 0 unspecified atom stereocenters. The minimum atomic E-state index is -0.184. The van der Waals surface area contributed by atoms with Crippen LogP contribution in [0.1, 0.15) is 35.9 Å². The van der Waals surface area contributed by atoms with Crippen molar-refractivity contribution in [2.45, 2.75) is 26.7 Å². The molecule has 1 fully saturated rings. The normalized spacial score (nSPS) is 17.5. The van der Waals surface area contributed by atoms with E-state index in [9.17, 15) is 4.79 Å². The van der Waals surface area contributed by atoms with Gasteiger partial charge in [0.1, 0.15) is 13.2 Å². The molecule has 2 aliphatic heterocycles. The van der Waals surface area contributed by atoms with Crippen molar-refractivity contribution in [3.05, 3.63) is 29.6 Å². The van der Waals surface area contributed by atoms with E-state index in [4.69, 9.17) is 9.47 Å². The van der Waals surface area contributed by atoms with Crippen LogP contribution in [0.15, 0.2) is 18.2 Å². The number of rotatable bonds is 4. The summed E-state index contributed by atoms with van der Waals surface area (Å²) in [5.74, 6) is 1.21. The molecule has 1 aromatic heterocycles. The standard InChI is InChI=1S/C19H25N5O3.ClH/c1-13-17(18(25)21-12-19(2)5-7-20-8-6-19)22-23-24(13)14-3-4-15-16(11-14)27-10-9-26-15;/h3-4,11,20H,5-10,12H2,1-2H3,(H,21,25);1H. The fourth-order valence-corrected chi connectivity index (χ4v) is 3.53. The average Bonchev–Trinajstić information content (AvgIpc) is 3.08. The Balaban J connectivity index is 0.00000225.